The molecule has 1 saturated carbocycles. The number of fused-ring (bicyclic) bond motifs is 1. The van der Waals surface area contributed by atoms with E-state index in [2.05, 4.69) is 48.9 Å². The van der Waals surface area contributed by atoms with Gasteiger partial charge in [0.05, 0.1) is 5.54 Å². The van der Waals surface area contributed by atoms with E-state index in [-0.39, 0.29) is 23.9 Å². The number of amides is 1. The lowest BCUT2D eigenvalue weighted by molar-refractivity contribution is 0.0817. The van der Waals surface area contributed by atoms with Gasteiger partial charge in [0, 0.05) is 35.2 Å². The molecule has 1 amide bonds. The van der Waals surface area contributed by atoms with E-state index < -0.39 is 0 Å². The SMILES string of the molecule is Cl.O=C(NC1(c2ccc(Br)cc2)CCC1)c1n[nH]c2c1CNCC2. The Bertz CT molecular complexity index is 740. The van der Waals surface area contributed by atoms with Crippen LogP contribution in [0.3, 0.4) is 0 Å². The Morgan fingerprint density at radius 3 is 2.67 bits per heavy atom. The number of halogens is 2. The Kier molecular flexibility index (Phi) is 4.99. The molecule has 2 heterocycles. The zero-order chi connectivity index (χ0) is 15.9. The Labute approximate surface area is 155 Å². The second-order valence-corrected chi connectivity index (χ2v) is 7.27. The minimum atomic E-state index is -0.244. The molecular weight excluding hydrogens is 392 g/mol. The average Bonchev–Trinajstić information content (AvgIpc) is 2.96. The molecule has 0 saturated heterocycles. The van der Waals surface area contributed by atoms with Gasteiger partial charge in [0.2, 0.25) is 0 Å². The van der Waals surface area contributed by atoms with Gasteiger partial charge in [-0.25, -0.2) is 0 Å². The molecule has 2 aliphatic rings. The molecular formula is C17H20BrClN4O. The van der Waals surface area contributed by atoms with Gasteiger partial charge < -0.3 is 10.6 Å². The predicted molar refractivity (Wildman–Crippen MR) is 98.4 cm³/mol. The molecule has 0 atom stereocenters. The number of nitrogens with zero attached hydrogens (tertiary/aromatic N) is 1. The Hall–Kier alpha value is -1.37. The van der Waals surface area contributed by atoms with Crippen molar-refractivity contribution in [1.82, 2.24) is 20.8 Å². The minimum absolute atomic E-state index is 0. The highest BCUT2D eigenvalue weighted by Crippen LogP contribution is 2.41. The number of carbonyl (C=O) groups excluding carboxylic acids is 1. The van der Waals surface area contributed by atoms with Crippen LogP contribution in [0.25, 0.3) is 0 Å². The first-order valence-electron chi connectivity index (χ1n) is 8.03. The highest BCUT2D eigenvalue weighted by atomic mass is 79.9. The number of hydrogen-bond acceptors (Lipinski definition) is 3. The maximum absolute atomic E-state index is 12.8. The largest absolute Gasteiger partial charge is 0.341 e. The zero-order valence-corrected chi connectivity index (χ0v) is 15.6. The van der Waals surface area contributed by atoms with Crippen LogP contribution in [0.1, 0.15) is 46.6 Å². The highest BCUT2D eigenvalue weighted by molar-refractivity contribution is 9.10. The van der Waals surface area contributed by atoms with Crippen molar-refractivity contribution in [2.75, 3.05) is 6.54 Å². The number of benzene rings is 1. The van der Waals surface area contributed by atoms with Crippen LogP contribution in [0.5, 0.6) is 0 Å². The molecule has 1 aromatic carbocycles. The van der Waals surface area contributed by atoms with E-state index in [9.17, 15) is 4.79 Å². The average molecular weight is 412 g/mol. The maximum Gasteiger partial charge on any atom is 0.272 e. The van der Waals surface area contributed by atoms with Crippen LogP contribution in [-0.2, 0) is 18.5 Å². The number of nitrogens with one attached hydrogen (secondary N) is 3. The Morgan fingerprint density at radius 1 is 1.25 bits per heavy atom. The normalized spacial score (nSPS) is 18.0. The van der Waals surface area contributed by atoms with Gasteiger partial charge in [0.1, 0.15) is 0 Å². The summed E-state index contributed by atoms with van der Waals surface area (Å²) in [6.07, 6.45) is 3.99. The van der Waals surface area contributed by atoms with Crippen molar-refractivity contribution >= 4 is 34.2 Å². The molecule has 4 rings (SSSR count). The fourth-order valence-corrected chi connectivity index (χ4v) is 3.74. The lowest BCUT2D eigenvalue weighted by atomic mass is 9.71. The number of aromatic nitrogens is 2. The number of carbonyl (C=O) groups is 1. The van der Waals surface area contributed by atoms with Crippen LogP contribution in [-0.4, -0.2) is 22.6 Å². The van der Waals surface area contributed by atoms with Crippen LogP contribution >= 0.6 is 28.3 Å². The molecule has 24 heavy (non-hydrogen) atoms. The van der Waals surface area contributed by atoms with Gasteiger partial charge in [-0.1, -0.05) is 28.1 Å². The van der Waals surface area contributed by atoms with Crippen molar-refractivity contribution in [3.63, 3.8) is 0 Å². The topological polar surface area (TPSA) is 69.8 Å². The highest BCUT2D eigenvalue weighted by Gasteiger charge is 2.41. The number of rotatable bonds is 3. The number of H-pyrrole nitrogens is 1. The van der Waals surface area contributed by atoms with Gasteiger partial charge >= 0.3 is 0 Å². The summed E-state index contributed by atoms with van der Waals surface area (Å²) < 4.78 is 1.05. The first-order valence-corrected chi connectivity index (χ1v) is 8.83. The second-order valence-electron chi connectivity index (χ2n) is 6.35. The molecule has 1 fully saturated rings. The van der Waals surface area contributed by atoms with Crippen molar-refractivity contribution in [2.24, 2.45) is 0 Å². The van der Waals surface area contributed by atoms with Gasteiger partial charge in [0.15, 0.2) is 5.69 Å². The van der Waals surface area contributed by atoms with E-state index >= 15 is 0 Å². The van der Waals surface area contributed by atoms with E-state index in [4.69, 9.17) is 0 Å². The van der Waals surface area contributed by atoms with Crippen molar-refractivity contribution in [3.8, 4) is 0 Å². The summed E-state index contributed by atoms with van der Waals surface area (Å²) in [7, 11) is 0. The van der Waals surface area contributed by atoms with Crippen molar-refractivity contribution in [3.05, 3.63) is 51.3 Å². The van der Waals surface area contributed by atoms with Crippen molar-refractivity contribution < 1.29 is 4.79 Å². The Balaban J connectivity index is 0.00000169. The third kappa shape index (κ3) is 2.98. The first kappa shape index (κ1) is 17.5. The second kappa shape index (κ2) is 6.86. The van der Waals surface area contributed by atoms with Crippen molar-refractivity contribution in [1.29, 1.82) is 0 Å². The van der Waals surface area contributed by atoms with Gasteiger partial charge in [-0.3, -0.25) is 9.89 Å². The third-order valence-corrected chi connectivity index (χ3v) is 5.51. The van der Waals surface area contributed by atoms with E-state index in [1.54, 1.807) is 0 Å². The number of aromatic amines is 1. The molecule has 2 aromatic rings. The van der Waals surface area contributed by atoms with Crippen LogP contribution in [0, 0.1) is 0 Å². The van der Waals surface area contributed by atoms with E-state index in [1.165, 1.54) is 5.56 Å². The van der Waals surface area contributed by atoms with Gasteiger partial charge in [0.25, 0.3) is 5.91 Å². The van der Waals surface area contributed by atoms with Gasteiger partial charge in [-0.15, -0.1) is 12.4 Å². The molecule has 1 aliphatic carbocycles. The van der Waals surface area contributed by atoms with Crippen LogP contribution in [0.2, 0.25) is 0 Å². The molecule has 1 aliphatic heterocycles. The molecule has 0 radical (unpaired) electrons. The smallest absolute Gasteiger partial charge is 0.272 e. The lowest BCUT2D eigenvalue weighted by Crippen LogP contribution is -2.51. The van der Waals surface area contributed by atoms with Crippen LogP contribution in [0.4, 0.5) is 0 Å². The summed E-state index contributed by atoms with van der Waals surface area (Å²) >= 11 is 3.47. The van der Waals surface area contributed by atoms with Gasteiger partial charge in [-0.05, 0) is 37.0 Å². The molecule has 0 bridgehead atoms. The van der Waals surface area contributed by atoms with Crippen LogP contribution < -0.4 is 10.6 Å². The molecule has 0 spiro atoms. The summed E-state index contributed by atoms with van der Waals surface area (Å²) in [6.45, 7) is 1.64. The lowest BCUT2D eigenvalue weighted by Gasteiger charge is -2.43. The van der Waals surface area contributed by atoms with E-state index in [1.807, 2.05) is 12.1 Å². The predicted octanol–water partition coefficient (Wildman–Crippen LogP) is 3.05. The van der Waals surface area contributed by atoms with E-state index in [0.717, 1.165) is 48.0 Å². The maximum atomic E-state index is 12.8. The molecule has 0 unspecified atom stereocenters. The Morgan fingerprint density at radius 2 is 2.00 bits per heavy atom. The molecule has 7 heteroatoms. The standard InChI is InChI=1S/C17H19BrN4O.ClH/c18-12-4-2-11(3-5-12)17(7-1-8-17)20-16(23)15-13-10-19-9-6-14(13)21-22-15;/h2-5,19H,1,6-10H2,(H,20,23)(H,21,22);1H. The molecule has 3 N–H and O–H groups in total. The fraction of sp³-hybridized carbons (Fsp3) is 0.412. The monoisotopic (exact) mass is 410 g/mol. The summed E-state index contributed by atoms with van der Waals surface area (Å²) in [5.74, 6) is -0.0752. The summed E-state index contributed by atoms with van der Waals surface area (Å²) in [5.41, 5.74) is 3.56. The van der Waals surface area contributed by atoms with Crippen LogP contribution in [0.15, 0.2) is 28.7 Å². The number of hydrogen-bond donors (Lipinski definition) is 3. The summed E-state index contributed by atoms with van der Waals surface area (Å²) in [4.78, 5) is 12.8. The van der Waals surface area contributed by atoms with Gasteiger partial charge in [-0.2, -0.15) is 5.10 Å². The van der Waals surface area contributed by atoms with E-state index in [0.29, 0.717) is 12.2 Å². The molecule has 128 valence electrons. The third-order valence-electron chi connectivity index (χ3n) is 4.98. The summed E-state index contributed by atoms with van der Waals surface area (Å²) in [5, 5.41) is 13.8. The van der Waals surface area contributed by atoms with Crippen molar-refractivity contribution in [2.45, 2.75) is 37.8 Å². The molecule has 1 aromatic heterocycles. The first-order chi connectivity index (χ1) is 11.2. The quantitative estimate of drug-likeness (QED) is 0.727. The zero-order valence-electron chi connectivity index (χ0n) is 13.2. The summed E-state index contributed by atoms with van der Waals surface area (Å²) in [6, 6.07) is 8.24. The minimum Gasteiger partial charge on any atom is -0.341 e. The fourth-order valence-electron chi connectivity index (χ4n) is 3.47. The molecule has 5 nitrogen and oxygen atoms in total.